The van der Waals surface area contributed by atoms with Crippen molar-refractivity contribution in [1.82, 2.24) is 14.8 Å². The van der Waals surface area contributed by atoms with Crippen LogP contribution in [0.5, 0.6) is 0 Å². The zero-order valence-corrected chi connectivity index (χ0v) is 12.4. The second kappa shape index (κ2) is 5.85. The van der Waals surface area contributed by atoms with Crippen molar-refractivity contribution in [2.24, 2.45) is 7.05 Å². The zero-order chi connectivity index (χ0) is 15.5. The van der Waals surface area contributed by atoms with Gasteiger partial charge in [0.05, 0.1) is 6.20 Å². The topological polar surface area (TPSA) is 73.0 Å². The number of fused-ring (bicyclic) bond motifs is 1. The molecule has 1 N–H and O–H groups in total. The molecular weight excluding hydrogens is 280 g/mol. The van der Waals surface area contributed by atoms with Crippen LogP contribution in [0.2, 0.25) is 0 Å². The van der Waals surface area contributed by atoms with Gasteiger partial charge in [-0.25, -0.2) is 4.98 Å². The van der Waals surface area contributed by atoms with Gasteiger partial charge in [-0.15, -0.1) is 0 Å². The third-order valence-electron chi connectivity index (χ3n) is 3.15. The highest BCUT2D eigenvalue weighted by Gasteiger charge is 2.06. The number of hydrogen-bond acceptors (Lipinski definition) is 4. The first-order chi connectivity index (χ1) is 10.6. The highest BCUT2D eigenvalue weighted by molar-refractivity contribution is 6.02. The average molecular weight is 296 g/mol. The molecule has 2 heterocycles. The summed E-state index contributed by atoms with van der Waals surface area (Å²) in [6, 6.07) is 5.40. The van der Waals surface area contributed by atoms with E-state index in [1.54, 1.807) is 29.1 Å². The molecule has 1 aromatic carbocycles. The lowest BCUT2D eigenvalue weighted by Gasteiger charge is -2.00. The molecule has 0 aliphatic heterocycles. The van der Waals surface area contributed by atoms with Crippen molar-refractivity contribution >= 4 is 28.8 Å². The molecule has 112 valence electrons. The highest BCUT2D eigenvalue weighted by atomic mass is 16.3. The van der Waals surface area contributed by atoms with Crippen molar-refractivity contribution in [3.63, 3.8) is 0 Å². The molecule has 0 bridgehead atoms. The first kappa shape index (κ1) is 14.1. The van der Waals surface area contributed by atoms with Gasteiger partial charge in [0.1, 0.15) is 5.52 Å². The van der Waals surface area contributed by atoms with Crippen LogP contribution in [0.25, 0.3) is 17.2 Å². The van der Waals surface area contributed by atoms with Gasteiger partial charge in [-0.1, -0.05) is 6.92 Å². The first-order valence-electron chi connectivity index (χ1n) is 7.01. The minimum Gasteiger partial charge on any atom is -0.441 e. The van der Waals surface area contributed by atoms with Gasteiger partial charge >= 0.3 is 0 Å². The summed E-state index contributed by atoms with van der Waals surface area (Å²) in [4.78, 5) is 16.3. The van der Waals surface area contributed by atoms with E-state index in [0.29, 0.717) is 11.6 Å². The first-order valence-corrected chi connectivity index (χ1v) is 7.01. The van der Waals surface area contributed by atoms with Crippen molar-refractivity contribution in [3.05, 3.63) is 48.1 Å². The van der Waals surface area contributed by atoms with Crippen molar-refractivity contribution < 1.29 is 9.21 Å². The summed E-state index contributed by atoms with van der Waals surface area (Å²) >= 11 is 0. The molecule has 0 aliphatic rings. The third-order valence-corrected chi connectivity index (χ3v) is 3.15. The second-order valence-corrected chi connectivity index (χ2v) is 4.91. The lowest BCUT2D eigenvalue weighted by atomic mass is 10.2. The van der Waals surface area contributed by atoms with Crippen LogP contribution < -0.4 is 5.32 Å². The van der Waals surface area contributed by atoms with Gasteiger partial charge in [0.2, 0.25) is 5.91 Å². The number of aromatic nitrogens is 3. The molecule has 0 atom stereocenters. The van der Waals surface area contributed by atoms with E-state index in [4.69, 9.17) is 4.42 Å². The molecule has 0 saturated carbocycles. The van der Waals surface area contributed by atoms with Crippen molar-refractivity contribution in [2.75, 3.05) is 5.32 Å². The number of carbonyl (C=O) groups excluding carboxylic acids is 1. The molecule has 2 aromatic heterocycles. The Kier molecular flexibility index (Phi) is 3.74. The Hall–Kier alpha value is -2.89. The fourth-order valence-electron chi connectivity index (χ4n) is 2.09. The van der Waals surface area contributed by atoms with E-state index in [0.717, 1.165) is 23.1 Å². The normalized spacial score (nSPS) is 11.4. The lowest BCUT2D eigenvalue weighted by molar-refractivity contribution is -0.111. The van der Waals surface area contributed by atoms with Crippen molar-refractivity contribution in [2.45, 2.75) is 13.3 Å². The number of benzene rings is 1. The quantitative estimate of drug-likeness (QED) is 0.751. The van der Waals surface area contributed by atoms with E-state index in [1.807, 2.05) is 26.2 Å². The Morgan fingerprint density at radius 1 is 1.45 bits per heavy atom. The van der Waals surface area contributed by atoms with Crippen LogP contribution in [0, 0.1) is 0 Å². The Bertz CT molecular complexity index is 845. The summed E-state index contributed by atoms with van der Waals surface area (Å²) in [5, 5.41) is 6.84. The van der Waals surface area contributed by atoms with Crippen LogP contribution in [-0.2, 0) is 18.3 Å². The Morgan fingerprint density at radius 3 is 3.05 bits per heavy atom. The van der Waals surface area contributed by atoms with Gasteiger partial charge in [-0.05, 0) is 24.3 Å². The number of nitrogens with one attached hydrogen (secondary N) is 1. The number of anilines is 1. The van der Waals surface area contributed by atoms with Crippen LogP contribution >= 0.6 is 0 Å². The average Bonchev–Trinajstić information content (AvgIpc) is 3.10. The van der Waals surface area contributed by atoms with Crippen molar-refractivity contribution in [1.29, 1.82) is 0 Å². The highest BCUT2D eigenvalue weighted by Crippen LogP contribution is 2.20. The van der Waals surface area contributed by atoms with Crippen LogP contribution in [0.4, 0.5) is 5.69 Å². The van der Waals surface area contributed by atoms with Crippen LogP contribution in [-0.4, -0.2) is 20.7 Å². The monoisotopic (exact) mass is 296 g/mol. The van der Waals surface area contributed by atoms with Crippen LogP contribution in [0.15, 0.2) is 41.1 Å². The smallest absolute Gasteiger partial charge is 0.248 e. The lowest BCUT2D eigenvalue weighted by Crippen LogP contribution is -2.07. The summed E-state index contributed by atoms with van der Waals surface area (Å²) in [6.07, 6.45) is 7.45. The molecule has 0 radical (unpaired) electrons. The number of amides is 1. The molecule has 0 aliphatic carbocycles. The van der Waals surface area contributed by atoms with E-state index in [1.165, 1.54) is 6.08 Å². The van der Waals surface area contributed by atoms with Gasteiger partial charge in [0, 0.05) is 37.0 Å². The molecule has 0 spiro atoms. The SMILES string of the molecule is CCc1nc2cc(NC(=O)/C=C\c3cnn(C)c3)ccc2o1. The van der Waals surface area contributed by atoms with Crippen molar-refractivity contribution in [3.8, 4) is 0 Å². The number of oxazole rings is 1. The van der Waals surface area contributed by atoms with E-state index < -0.39 is 0 Å². The molecule has 6 nitrogen and oxygen atoms in total. The molecule has 6 heteroatoms. The van der Waals surface area contributed by atoms with E-state index in [9.17, 15) is 4.79 Å². The maximum absolute atomic E-state index is 11.9. The van der Waals surface area contributed by atoms with E-state index >= 15 is 0 Å². The molecule has 0 saturated heterocycles. The summed E-state index contributed by atoms with van der Waals surface area (Å²) < 4.78 is 7.22. The predicted octanol–water partition coefficient (Wildman–Crippen LogP) is 2.78. The molecule has 0 fully saturated rings. The molecule has 3 rings (SSSR count). The minimum absolute atomic E-state index is 0.206. The fraction of sp³-hybridized carbons (Fsp3) is 0.188. The molecule has 0 unspecified atom stereocenters. The number of aryl methyl sites for hydroxylation is 2. The number of hydrogen-bond donors (Lipinski definition) is 1. The molecule has 22 heavy (non-hydrogen) atoms. The maximum atomic E-state index is 11.9. The Balaban J connectivity index is 1.71. The summed E-state index contributed by atoms with van der Waals surface area (Å²) in [6.45, 7) is 1.98. The van der Waals surface area contributed by atoms with Gasteiger partial charge in [-0.2, -0.15) is 5.10 Å². The maximum Gasteiger partial charge on any atom is 0.248 e. The second-order valence-electron chi connectivity index (χ2n) is 4.91. The number of nitrogens with zero attached hydrogens (tertiary/aromatic N) is 3. The Labute approximate surface area is 127 Å². The van der Waals surface area contributed by atoms with Gasteiger partial charge in [0.15, 0.2) is 11.5 Å². The Morgan fingerprint density at radius 2 is 2.32 bits per heavy atom. The summed E-state index contributed by atoms with van der Waals surface area (Å²) in [5.41, 5.74) is 3.02. The van der Waals surface area contributed by atoms with E-state index in [-0.39, 0.29) is 5.91 Å². The zero-order valence-electron chi connectivity index (χ0n) is 12.4. The van der Waals surface area contributed by atoms with E-state index in [2.05, 4.69) is 15.4 Å². The molecular formula is C16H16N4O2. The number of rotatable bonds is 4. The number of carbonyl (C=O) groups is 1. The largest absolute Gasteiger partial charge is 0.441 e. The minimum atomic E-state index is -0.206. The molecule has 1 amide bonds. The molecule has 3 aromatic rings. The van der Waals surface area contributed by atoms with Gasteiger partial charge in [-0.3, -0.25) is 9.48 Å². The van der Waals surface area contributed by atoms with Gasteiger partial charge < -0.3 is 9.73 Å². The summed E-state index contributed by atoms with van der Waals surface area (Å²) in [5.74, 6) is 0.484. The third kappa shape index (κ3) is 3.06. The summed E-state index contributed by atoms with van der Waals surface area (Å²) in [7, 11) is 1.83. The predicted molar refractivity (Wildman–Crippen MR) is 84.3 cm³/mol. The van der Waals surface area contributed by atoms with Gasteiger partial charge in [0.25, 0.3) is 0 Å². The fourth-order valence-corrected chi connectivity index (χ4v) is 2.09. The van der Waals surface area contributed by atoms with Crippen LogP contribution in [0.3, 0.4) is 0 Å². The standard InChI is InChI=1S/C16H16N4O2/c1-3-16-19-13-8-12(5-6-14(13)22-16)18-15(21)7-4-11-9-17-20(2)10-11/h4-10H,3H2,1-2H3,(H,18,21)/b7-4-. The van der Waals surface area contributed by atoms with Crippen LogP contribution in [0.1, 0.15) is 18.4 Å².